The van der Waals surface area contributed by atoms with Crippen LogP contribution in [-0.4, -0.2) is 22.2 Å². The molecule has 0 saturated heterocycles. The lowest BCUT2D eigenvalue weighted by molar-refractivity contribution is 0.0946. The van der Waals surface area contributed by atoms with Gasteiger partial charge in [0, 0.05) is 12.7 Å². The second kappa shape index (κ2) is 19.8. The van der Waals surface area contributed by atoms with Gasteiger partial charge in [0.05, 0.1) is 0 Å². The minimum atomic E-state index is -0.110. The number of aromatic nitrogens is 2. The quantitative estimate of drug-likeness (QED) is 0.160. The molecule has 0 saturated carbocycles. The fraction of sp³-hybridized carbons (Fsp3) is 0.688. The summed E-state index contributed by atoms with van der Waals surface area (Å²) in [6.45, 7) is 7.63. The van der Waals surface area contributed by atoms with Crippen LogP contribution in [0.15, 0.2) is 36.5 Å². The van der Waals surface area contributed by atoms with E-state index in [4.69, 9.17) is 4.74 Å². The topological polar surface area (TPSA) is 56.2 Å². The Balaban J connectivity index is 1.41. The van der Waals surface area contributed by atoms with Crippen molar-refractivity contribution in [1.29, 1.82) is 0 Å². The third-order valence-electron chi connectivity index (χ3n) is 7.10. The van der Waals surface area contributed by atoms with E-state index >= 15 is 0 Å². The van der Waals surface area contributed by atoms with Crippen molar-refractivity contribution in [1.82, 2.24) is 15.1 Å². The fourth-order valence-electron chi connectivity index (χ4n) is 4.61. The van der Waals surface area contributed by atoms with Crippen LogP contribution in [0.4, 0.5) is 0 Å². The number of unbranched alkanes of at least 4 members (excludes halogenated alkanes) is 15. The maximum absolute atomic E-state index is 12.4. The van der Waals surface area contributed by atoms with Gasteiger partial charge in [-0.25, -0.2) is 4.68 Å². The highest BCUT2D eigenvalue weighted by molar-refractivity contribution is 5.92. The average Bonchev–Trinajstić information content (AvgIpc) is 3.38. The maximum Gasteiger partial charge on any atom is 0.271 e. The Morgan fingerprint density at radius 2 is 1.30 bits per heavy atom. The Hall–Kier alpha value is -2.30. The lowest BCUT2D eigenvalue weighted by atomic mass is 10.0. The molecule has 1 N–H and O–H groups in total. The number of amides is 1. The van der Waals surface area contributed by atoms with Crippen LogP contribution in [0.1, 0.15) is 145 Å². The Morgan fingerprint density at radius 3 is 1.81 bits per heavy atom. The predicted octanol–water partition coefficient (Wildman–Crippen LogP) is 9.03. The van der Waals surface area contributed by atoms with Crippen molar-refractivity contribution in [2.45, 2.75) is 136 Å². The standard InChI is InChI=1S/C32H53N3O2/c1-4-5-6-7-8-9-10-11-12-13-14-15-16-17-18-19-25-33-32(36)31-24-26-35(34-31)27-37-30-22-20-29(21-23-30)28(2)3/h20-24,26,28H,4-19,25,27H2,1-3H3,(H,33,36). The second-order valence-electron chi connectivity index (χ2n) is 10.8. The molecule has 0 aliphatic carbocycles. The number of hydrogen-bond donors (Lipinski definition) is 1. The first kappa shape index (κ1) is 30.9. The third kappa shape index (κ3) is 14.3. The highest BCUT2D eigenvalue weighted by Gasteiger charge is 2.09. The Morgan fingerprint density at radius 1 is 0.784 bits per heavy atom. The van der Waals surface area contributed by atoms with Crippen LogP contribution in [-0.2, 0) is 6.73 Å². The number of ether oxygens (including phenoxy) is 1. The van der Waals surface area contributed by atoms with E-state index in [0.29, 0.717) is 18.2 Å². The van der Waals surface area contributed by atoms with Gasteiger partial charge in [-0.05, 0) is 36.1 Å². The van der Waals surface area contributed by atoms with Crippen LogP contribution < -0.4 is 10.1 Å². The van der Waals surface area contributed by atoms with E-state index in [-0.39, 0.29) is 12.6 Å². The van der Waals surface area contributed by atoms with Gasteiger partial charge in [-0.3, -0.25) is 4.79 Å². The Bertz CT molecular complexity index is 829. The monoisotopic (exact) mass is 511 g/mol. The van der Waals surface area contributed by atoms with Gasteiger partial charge in [-0.2, -0.15) is 5.10 Å². The first-order valence-electron chi connectivity index (χ1n) is 15.1. The number of nitrogens with zero attached hydrogens (tertiary/aromatic N) is 2. The Kier molecular flexibility index (Phi) is 16.5. The van der Waals surface area contributed by atoms with Crippen LogP contribution in [0.5, 0.6) is 5.75 Å². The highest BCUT2D eigenvalue weighted by Crippen LogP contribution is 2.19. The lowest BCUT2D eigenvalue weighted by Gasteiger charge is -2.09. The average molecular weight is 512 g/mol. The van der Waals surface area contributed by atoms with Crippen molar-refractivity contribution < 1.29 is 9.53 Å². The summed E-state index contributed by atoms with van der Waals surface area (Å²) in [7, 11) is 0. The molecule has 0 fully saturated rings. The number of benzene rings is 1. The molecule has 2 aromatic rings. The number of carbonyl (C=O) groups excluding carboxylic acids is 1. The maximum atomic E-state index is 12.4. The summed E-state index contributed by atoms with van der Waals surface area (Å²) in [5.41, 5.74) is 1.73. The molecule has 0 aliphatic rings. The SMILES string of the molecule is CCCCCCCCCCCCCCCCCCNC(=O)c1ccn(COc2ccc(C(C)C)cc2)n1. The van der Waals surface area contributed by atoms with E-state index in [1.54, 1.807) is 16.9 Å². The number of carbonyl (C=O) groups is 1. The minimum absolute atomic E-state index is 0.110. The molecule has 0 bridgehead atoms. The molecule has 0 aliphatic heterocycles. The molecule has 0 spiro atoms. The number of hydrogen-bond acceptors (Lipinski definition) is 3. The Labute approximate surface area is 226 Å². The van der Waals surface area contributed by atoms with Crippen LogP contribution in [0.25, 0.3) is 0 Å². The number of rotatable bonds is 22. The molecular weight excluding hydrogens is 458 g/mol. The summed E-state index contributed by atoms with van der Waals surface area (Å²) in [5.74, 6) is 1.19. The van der Waals surface area contributed by atoms with Crippen molar-refractivity contribution in [2.75, 3.05) is 6.54 Å². The normalized spacial score (nSPS) is 11.2. The van der Waals surface area contributed by atoms with Crippen LogP contribution in [0.3, 0.4) is 0 Å². The van der Waals surface area contributed by atoms with Crippen molar-refractivity contribution in [3.63, 3.8) is 0 Å². The van der Waals surface area contributed by atoms with Gasteiger partial charge in [0.25, 0.3) is 5.91 Å². The molecule has 0 atom stereocenters. The summed E-state index contributed by atoms with van der Waals surface area (Å²) in [6.07, 6.45) is 23.4. The van der Waals surface area contributed by atoms with Gasteiger partial charge in [-0.15, -0.1) is 0 Å². The van der Waals surface area contributed by atoms with Crippen LogP contribution in [0.2, 0.25) is 0 Å². The summed E-state index contributed by atoms with van der Waals surface area (Å²) in [6, 6.07) is 9.87. The van der Waals surface area contributed by atoms with Gasteiger partial charge < -0.3 is 10.1 Å². The molecule has 5 heteroatoms. The van der Waals surface area contributed by atoms with Crippen LogP contribution >= 0.6 is 0 Å². The first-order valence-corrected chi connectivity index (χ1v) is 15.1. The molecule has 1 aromatic carbocycles. The van der Waals surface area contributed by atoms with Gasteiger partial charge in [-0.1, -0.05) is 129 Å². The zero-order valence-electron chi connectivity index (χ0n) is 24.0. The van der Waals surface area contributed by atoms with Gasteiger partial charge in [0.2, 0.25) is 0 Å². The van der Waals surface area contributed by atoms with E-state index in [1.165, 1.54) is 102 Å². The molecule has 1 aromatic heterocycles. The number of nitrogens with one attached hydrogen (secondary N) is 1. The minimum Gasteiger partial charge on any atom is -0.471 e. The van der Waals surface area contributed by atoms with E-state index < -0.39 is 0 Å². The zero-order valence-corrected chi connectivity index (χ0v) is 24.0. The molecule has 5 nitrogen and oxygen atoms in total. The van der Waals surface area contributed by atoms with Crippen molar-refractivity contribution in [2.24, 2.45) is 0 Å². The fourth-order valence-corrected chi connectivity index (χ4v) is 4.61. The summed E-state index contributed by atoms with van der Waals surface area (Å²) in [5, 5.41) is 7.34. The predicted molar refractivity (Wildman–Crippen MR) is 155 cm³/mol. The van der Waals surface area contributed by atoms with Crippen molar-refractivity contribution in [3.8, 4) is 5.75 Å². The first-order chi connectivity index (χ1) is 18.1. The van der Waals surface area contributed by atoms with E-state index in [9.17, 15) is 4.79 Å². The van der Waals surface area contributed by atoms with Gasteiger partial charge in [0.1, 0.15) is 11.4 Å². The van der Waals surface area contributed by atoms with E-state index in [0.717, 1.165) is 12.2 Å². The molecule has 1 amide bonds. The van der Waals surface area contributed by atoms with Gasteiger partial charge in [0.15, 0.2) is 6.73 Å². The second-order valence-corrected chi connectivity index (χ2v) is 10.8. The van der Waals surface area contributed by atoms with E-state index in [1.807, 2.05) is 12.1 Å². The van der Waals surface area contributed by atoms with Gasteiger partial charge >= 0.3 is 0 Å². The largest absolute Gasteiger partial charge is 0.471 e. The zero-order chi connectivity index (χ0) is 26.6. The highest BCUT2D eigenvalue weighted by atomic mass is 16.5. The molecular formula is C32H53N3O2. The molecule has 1 heterocycles. The molecule has 208 valence electrons. The van der Waals surface area contributed by atoms with E-state index in [2.05, 4.69) is 43.3 Å². The van der Waals surface area contributed by atoms with Crippen LogP contribution in [0, 0.1) is 0 Å². The molecule has 37 heavy (non-hydrogen) atoms. The molecule has 0 radical (unpaired) electrons. The molecule has 2 rings (SSSR count). The smallest absolute Gasteiger partial charge is 0.271 e. The van der Waals surface area contributed by atoms with Crippen molar-refractivity contribution in [3.05, 3.63) is 47.8 Å². The lowest BCUT2D eigenvalue weighted by Crippen LogP contribution is -2.25. The third-order valence-corrected chi connectivity index (χ3v) is 7.10. The molecule has 0 unspecified atom stereocenters. The summed E-state index contributed by atoms with van der Waals surface area (Å²) in [4.78, 5) is 12.4. The summed E-state index contributed by atoms with van der Waals surface area (Å²) >= 11 is 0. The van der Waals surface area contributed by atoms with Crippen molar-refractivity contribution >= 4 is 5.91 Å². The summed E-state index contributed by atoms with van der Waals surface area (Å²) < 4.78 is 7.44.